The van der Waals surface area contributed by atoms with Gasteiger partial charge in [0.15, 0.2) is 11.5 Å². The van der Waals surface area contributed by atoms with Crippen molar-refractivity contribution < 1.29 is 14.3 Å². The molecule has 1 aromatic heterocycles. The van der Waals surface area contributed by atoms with Crippen LogP contribution in [0.5, 0.6) is 11.5 Å². The van der Waals surface area contributed by atoms with E-state index in [1.165, 1.54) is 31.3 Å². The molecule has 0 bridgehead atoms. The van der Waals surface area contributed by atoms with Gasteiger partial charge in [-0.05, 0) is 23.8 Å². The number of nitrogens with one attached hydrogen (secondary N) is 1. The number of methoxy groups -OCH3 is 1. The van der Waals surface area contributed by atoms with E-state index >= 15 is 0 Å². The Morgan fingerprint density at radius 1 is 1.48 bits per heavy atom. The van der Waals surface area contributed by atoms with Crippen LogP contribution in [-0.4, -0.2) is 34.2 Å². The molecule has 2 aromatic rings. The Labute approximate surface area is 120 Å². The number of hydrogen-bond acceptors (Lipinski definition) is 8. The number of aromatic nitrogens is 3. The van der Waals surface area contributed by atoms with E-state index in [1.54, 1.807) is 18.2 Å². The van der Waals surface area contributed by atoms with Crippen molar-refractivity contribution in [1.82, 2.24) is 14.9 Å². The number of hydrazone groups is 1. The number of nitrogen functional groups attached to an aromatic ring is 1. The van der Waals surface area contributed by atoms with E-state index in [9.17, 15) is 4.79 Å². The summed E-state index contributed by atoms with van der Waals surface area (Å²) in [6.45, 7) is 1.32. The molecule has 0 spiro atoms. The second-order valence-electron chi connectivity index (χ2n) is 3.94. The molecule has 0 unspecified atom stereocenters. The van der Waals surface area contributed by atoms with Crippen LogP contribution in [0.1, 0.15) is 12.5 Å². The Balaban J connectivity index is 2.10. The van der Waals surface area contributed by atoms with Crippen LogP contribution < -0.4 is 20.7 Å². The first-order chi connectivity index (χ1) is 10.1. The number of esters is 1. The van der Waals surface area contributed by atoms with Crippen molar-refractivity contribution in [2.24, 2.45) is 5.10 Å². The van der Waals surface area contributed by atoms with Crippen LogP contribution in [0.2, 0.25) is 0 Å². The van der Waals surface area contributed by atoms with Gasteiger partial charge in [-0.2, -0.15) is 5.10 Å². The first-order valence-corrected chi connectivity index (χ1v) is 5.91. The Morgan fingerprint density at radius 2 is 2.29 bits per heavy atom. The lowest BCUT2D eigenvalue weighted by molar-refractivity contribution is -0.132. The van der Waals surface area contributed by atoms with Crippen LogP contribution in [0.4, 0.5) is 5.95 Å². The lowest BCUT2D eigenvalue weighted by Crippen LogP contribution is -2.10. The molecule has 0 aliphatic carbocycles. The lowest BCUT2D eigenvalue weighted by Gasteiger charge is -2.08. The molecule has 0 radical (unpaired) electrons. The van der Waals surface area contributed by atoms with Gasteiger partial charge in [-0.1, -0.05) is 0 Å². The second kappa shape index (κ2) is 6.37. The summed E-state index contributed by atoms with van der Waals surface area (Å²) in [6.07, 6.45) is 2.88. The first kappa shape index (κ1) is 14.3. The highest BCUT2D eigenvalue weighted by Crippen LogP contribution is 2.27. The Hall–Kier alpha value is -3.10. The number of anilines is 1. The predicted molar refractivity (Wildman–Crippen MR) is 75.7 cm³/mol. The molecule has 110 valence electrons. The zero-order chi connectivity index (χ0) is 15.2. The molecule has 0 aliphatic rings. The smallest absolute Gasteiger partial charge is 0.308 e. The third-order valence-corrected chi connectivity index (χ3v) is 2.39. The molecule has 2 rings (SSSR count). The minimum Gasteiger partial charge on any atom is -0.493 e. The van der Waals surface area contributed by atoms with Crippen molar-refractivity contribution in [3.8, 4) is 11.5 Å². The first-order valence-electron chi connectivity index (χ1n) is 5.91. The highest BCUT2D eigenvalue weighted by atomic mass is 16.6. The molecule has 1 aromatic carbocycles. The van der Waals surface area contributed by atoms with Crippen LogP contribution in [0.25, 0.3) is 0 Å². The van der Waals surface area contributed by atoms with Gasteiger partial charge in [0.1, 0.15) is 6.33 Å². The fraction of sp³-hybridized carbons (Fsp3) is 0.167. The number of hydrogen-bond donors (Lipinski definition) is 2. The maximum absolute atomic E-state index is 11.0. The quantitative estimate of drug-likeness (QED) is 0.268. The van der Waals surface area contributed by atoms with Crippen LogP contribution in [0.15, 0.2) is 29.6 Å². The number of rotatable bonds is 5. The molecule has 0 fully saturated rings. The number of carbonyl (C=O) groups excluding carboxylic acids is 1. The third kappa shape index (κ3) is 3.69. The molecular formula is C12H14N6O3. The monoisotopic (exact) mass is 290 g/mol. The van der Waals surface area contributed by atoms with Crippen LogP contribution >= 0.6 is 0 Å². The molecule has 9 nitrogen and oxygen atoms in total. The molecule has 0 aliphatic heterocycles. The Kier molecular flexibility index (Phi) is 4.34. The summed E-state index contributed by atoms with van der Waals surface area (Å²) in [7, 11) is 1.48. The van der Waals surface area contributed by atoms with Crippen LogP contribution in [0.3, 0.4) is 0 Å². The van der Waals surface area contributed by atoms with Crippen molar-refractivity contribution in [3.05, 3.63) is 30.1 Å². The SMILES string of the molecule is COc1cc(/C=N/Nc2nncn2N)ccc1OC(C)=O. The number of nitrogens with two attached hydrogens (primary N) is 1. The van der Waals surface area contributed by atoms with E-state index in [4.69, 9.17) is 15.3 Å². The molecular weight excluding hydrogens is 276 g/mol. The zero-order valence-electron chi connectivity index (χ0n) is 11.5. The lowest BCUT2D eigenvalue weighted by atomic mass is 10.2. The molecule has 0 amide bonds. The van der Waals surface area contributed by atoms with Gasteiger partial charge in [-0.25, -0.2) is 10.1 Å². The predicted octanol–water partition coefficient (Wildman–Crippen LogP) is 0.372. The van der Waals surface area contributed by atoms with E-state index in [1.807, 2.05) is 0 Å². The Bertz CT molecular complexity index is 667. The van der Waals surface area contributed by atoms with Crippen molar-refractivity contribution in [2.75, 3.05) is 18.4 Å². The average molecular weight is 290 g/mol. The second-order valence-corrected chi connectivity index (χ2v) is 3.94. The molecule has 0 atom stereocenters. The molecule has 0 saturated heterocycles. The number of benzene rings is 1. The zero-order valence-corrected chi connectivity index (χ0v) is 11.5. The molecule has 0 saturated carbocycles. The van der Waals surface area contributed by atoms with Gasteiger partial charge < -0.3 is 15.3 Å². The summed E-state index contributed by atoms with van der Waals surface area (Å²) < 4.78 is 11.4. The van der Waals surface area contributed by atoms with Gasteiger partial charge in [-0.3, -0.25) is 4.79 Å². The van der Waals surface area contributed by atoms with E-state index in [0.717, 1.165) is 5.56 Å². The molecule has 9 heteroatoms. The van der Waals surface area contributed by atoms with Gasteiger partial charge >= 0.3 is 5.97 Å². The van der Waals surface area contributed by atoms with Crippen molar-refractivity contribution >= 4 is 18.1 Å². The standard InChI is InChI=1S/C12H14N6O3/c1-8(19)21-10-4-3-9(5-11(10)20-2)6-14-16-12-17-15-7-18(12)13/h3-7H,13H2,1-2H3,(H,16,17)/b14-6+. The summed E-state index contributed by atoms with van der Waals surface area (Å²) in [6, 6.07) is 5.02. The molecule has 21 heavy (non-hydrogen) atoms. The minimum atomic E-state index is -0.418. The van der Waals surface area contributed by atoms with Gasteiger partial charge in [0, 0.05) is 6.92 Å². The van der Waals surface area contributed by atoms with E-state index in [0.29, 0.717) is 17.4 Å². The number of ether oxygens (including phenoxy) is 2. The molecule has 3 N–H and O–H groups in total. The van der Waals surface area contributed by atoms with E-state index in [2.05, 4.69) is 20.7 Å². The van der Waals surface area contributed by atoms with Crippen LogP contribution in [0, 0.1) is 0 Å². The van der Waals surface area contributed by atoms with E-state index < -0.39 is 5.97 Å². The fourth-order valence-electron chi connectivity index (χ4n) is 1.49. The van der Waals surface area contributed by atoms with Crippen molar-refractivity contribution in [1.29, 1.82) is 0 Å². The average Bonchev–Trinajstić information content (AvgIpc) is 2.85. The van der Waals surface area contributed by atoms with Crippen LogP contribution in [-0.2, 0) is 4.79 Å². The normalized spacial score (nSPS) is 10.6. The topological polar surface area (TPSA) is 117 Å². The summed E-state index contributed by atoms with van der Waals surface area (Å²) in [5, 5.41) is 11.3. The largest absolute Gasteiger partial charge is 0.493 e. The summed E-state index contributed by atoms with van der Waals surface area (Å²) in [5.41, 5.74) is 3.37. The summed E-state index contributed by atoms with van der Waals surface area (Å²) >= 11 is 0. The Morgan fingerprint density at radius 3 is 2.90 bits per heavy atom. The highest BCUT2D eigenvalue weighted by Gasteiger charge is 2.07. The fourth-order valence-corrected chi connectivity index (χ4v) is 1.49. The number of nitrogens with zero attached hydrogens (tertiary/aromatic N) is 4. The van der Waals surface area contributed by atoms with E-state index in [-0.39, 0.29) is 0 Å². The molecule has 1 heterocycles. The summed E-state index contributed by atoms with van der Waals surface area (Å²) in [5.74, 6) is 6.17. The third-order valence-electron chi connectivity index (χ3n) is 2.39. The maximum Gasteiger partial charge on any atom is 0.308 e. The minimum absolute atomic E-state index is 0.301. The van der Waals surface area contributed by atoms with Crippen molar-refractivity contribution in [3.63, 3.8) is 0 Å². The highest BCUT2D eigenvalue weighted by molar-refractivity contribution is 5.82. The van der Waals surface area contributed by atoms with Gasteiger partial charge in [0.25, 0.3) is 5.95 Å². The van der Waals surface area contributed by atoms with Gasteiger partial charge in [-0.15, -0.1) is 10.2 Å². The number of carbonyl (C=O) groups is 1. The summed E-state index contributed by atoms with van der Waals surface area (Å²) in [4.78, 5) is 11.0. The van der Waals surface area contributed by atoms with Crippen molar-refractivity contribution in [2.45, 2.75) is 6.92 Å². The van der Waals surface area contributed by atoms with Gasteiger partial charge in [0.2, 0.25) is 0 Å². The maximum atomic E-state index is 11.0. The van der Waals surface area contributed by atoms with Gasteiger partial charge in [0.05, 0.1) is 13.3 Å².